The van der Waals surface area contributed by atoms with E-state index in [0.717, 1.165) is 28.5 Å². The first-order valence-electron chi connectivity index (χ1n) is 6.16. The van der Waals surface area contributed by atoms with Crippen LogP contribution in [0.1, 0.15) is 22.6 Å². The van der Waals surface area contributed by atoms with Crippen LogP contribution in [0.15, 0.2) is 12.4 Å². The molecule has 2 heterocycles. The molecule has 1 N–H and O–H groups in total. The van der Waals surface area contributed by atoms with Gasteiger partial charge in [-0.05, 0) is 13.8 Å². The van der Waals surface area contributed by atoms with Crippen LogP contribution in [0.25, 0.3) is 0 Å². The highest BCUT2D eigenvalue weighted by Crippen LogP contribution is 2.20. The third-order valence-corrected chi connectivity index (χ3v) is 2.92. The van der Waals surface area contributed by atoms with E-state index in [9.17, 15) is 0 Å². The fourth-order valence-electron chi connectivity index (χ4n) is 1.97. The maximum Gasteiger partial charge on any atom is 0.216 e. The molecule has 0 aliphatic carbocycles. The van der Waals surface area contributed by atoms with E-state index in [1.54, 1.807) is 24.2 Å². The predicted octanol–water partition coefficient (Wildman–Crippen LogP) is 1.13. The number of aromatic nitrogens is 4. The minimum Gasteiger partial charge on any atom is -0.481 e. The molecule has 0 saturated carbocycles. The fourth-order valence-corrected chi connectivity index (χ4v) is 1.97. The zero-order valence-electron chi connectivity index (χ0n) is 11.8. The quantitative estimate of drug-likeness (QED) is 0.874. The maximum absolute atomic E-state index is 5.35. The van der Waals surface area contributed by atoms with Crippen LogP contribution in [0.3, 0.4) is 0 Å². The van der Waals surface area contributed by atoms with Gasteiger partial charge in [0.15, 0.2) is 0 Å². The van der Waals surface area contributed by atoms with Crippen molar-refractivity contribution in [2.24, 2.45) is 7.05 Å². The summed E-state index contributed by atoms with van der Waals surface area (Å²) >= 11 is 0. The van der Waals surface area contributed by atoms with Crippen molar-refractivity contribution in [3.05, 3.63) is 35.0 Å². The van der Waals surface area contributed by atoms with E-state index in [1.807, 2.05) is 20.9 Å². The van der Waals surface area contributed by atoms with Gasteiger partial charge in [-0.3, -0.25) is 9.97 Å². The zero-order valence-corrected chi connectivity index (χ0v) is 11.8. The summed E-state index contributed by atoms with van der Waals surface area (Å²) in [7, 11) is 3.53. The number of nitrogens with zero attached hydrogens (tertiary/aromatic N) is 4. The molecule has 2 rings (SSSR count). The number of ether oxygens (including phenoxy) is 1. The number of rotatable bonds is 5. The van der Waals surface area contributed by atoms with E-state index in [1.165, 1.54) is 0 Å². The van der Waals surface area contributed by atoms with Crippen LogP contribution in [0.2, 0.25) is 0 Å². The van der Waals surface area contributed by atoms with Crippen LogP contribution in [-0.2, 0) is 20.1 Å². The van der Waals surface area contributed by atoms with Gasteiger partial charge in [0.2, 0.25) is 5.88 Å². The average Bonchev–Trinajstić information content (AvgIpc) is 2.66. The molecule has 0 spiro atoms. The summed E-state index contributed by atoms with van der Waals surface area (Å²) in [4.78, 5) is 8.52. The Morgan fingerprint density at radius 1 is 1.21 bits per heavy atom. The SMILES string of the molecule is COc1c(CNCc2cnc(C)cn2)c(C)nn1C. The van der Waals surface area contributed by atoms with E-state index >= 15 is 0 Å². The molecule has 0 atom stereocenters. The number of hydrogen-bond donors (Lipinski definition) is 1. The maximum atomic E-state index is 5.35. The minimum absolute atomic E-state index is 0.671. The Labute approximate surface area is 112 Å². The predicted molar refractivity (Wildman–Crippen MR) is 71.8 cm³/mol. The van der Waals surface area contributed by atoms with E-state index < -0.39 is 0 Å². The van der Waals surface area contributed by atoms with Gasteiger partial charge in [-0.15, -0.1) is 0 Å². The van der Waals surface area contributed by atoms with Crippen molar-refractivity contribution >= 4 is 0 Å². The van der Waals surface area contributed by atoms with Crippen molar-refractivity contribution in [1.82, 2.24) is 25.1 Å². The third-order valence-electron chi connectivity index (χ3n) is 2.92. The lowest BCUT2D eigenvalue weighted by atomic mass is 10.2. The molecular weight excluding hydrogens is 242 g/mol. The van der Waals surface area contributed by atoms with E-state index in [-0.39, 0.29) is 0 Å². The van der Waals surface area contributed by atoms with Gasteiger partial charge in [0.05, 0.1) is 29.8 Å². The smallest absolute Gasteiger partial charge is 0.216 e. The zero-order chi connectivity index (χ0) is 13.8. The van der Waals surface area contributed by atoms with Gasteiger partial charge in [-0.2, -0.15) is 5.10 Å². The van der Waals surface area contributed by atoms with Crippen molar-refractivity contribution in [1.29, 1.82) is 0 Å². The lowest BCUT2D eigenvalue weighted by molar-refractivity contribution is 0.368. The molecule has 2 aromatic heterocycles. The molecule has 0 unspecified atom stereocenters. The van der Waals surface area contributed by atoms with Crippen LogP contribution < -0.4 is 10.1 Å². The fraction of sp³-hybridized carbons (Fsp3) is 0.462. The van der Waals surface area contributed by atoms with Gasteiger partial charge < -0.3 is 10.1 Å². The number of methoxy groups -OCH3 is 1. The van der Waals surface area contributed by atoms with Crippen molar-refractivity contribution in [3.63, 3.8) is 0 Å². The highest BCUT2D eigenvalue weighted by molar-refractivity contribution is 5.30. The second-order valence-electron chi connectivity index (χ2n) is 4.45. The topological polar surface area (TPSA) is 64.9 Å². The minimum atomic E-state index is 0.671. The number of aryl methyl sites for hydroxylation is 3. The third kappa shape index (κ3) is 3.08. The van der Waals surface area contributed by atoms with Crippen LogP contribution in [0, 0.1) is 13.8 Å². The van der Waals surface area contributed by atoms with Crippen LogP contribution in [-0.4, -0.2) is 26.9 Å². The first-order valence-corrected chi connectivity index (χ1v) is 6.16. The van der Waals surface area contributed by atoms with E-state index in [4.69, 9.17) is 4.74 Å². The summed E-state index contributed by atoms with van der Waals surface area (Å²) in [6.45, 7) is 5.27. The molecule has 19 heavy (non-hydrogen) atoms. The molecule has 0 saturated heterocycles. The Morgan fingerprint density at radius 3 is 2.63 bits per heavy atom. The van der Waals surface area contributed by atoms with Gasteiger partial charge in [0, 0.05) is 32.5 Å². The first kappa shape index (κ1) is 13.5. The van der Waals surface area contributed by atoms with Gasteiger partial charge >= 0.3 is 0 Å². The highest BCUT2D eigenvalue weighted by atomic mass is 16.5. The van der Waals surface area contributed by atoms with E-state index in [0.29, 0.717) is 13.1 Å². The Balaban J connectivity index is 1.97. The van der Waals surface area contributed by atoms with E-state index in [2.05, 4.69) is 20.4 Å². The summed E-state index contributed by atoms with van der Waals surface area (Å²) in [5, 5.41) is 7.67. The molecule has 6 nitrogen and oxygen atoms in total. The van der Waals surface area contributed by atoms with Crippen molar-refractivity contribution in [2.45, 2.75) is 26.9 Å². The highest BCUT2D eigenvalue weighted by Gasteiger charge is 2.13. The molecule has 0 aliphatic rings. The van der Waals surface area contributed by atoms with Crippen molar-refractivity contribution in [2.75, 3.05) is 7.11 Å². The van der Waals surface area contributed by atoms with Crippen LogP contribution >= 0.6 is 0 Å². The summed E-state index contributed by atoms with van der Waals surface area (Å²) in [5.74, 6) is 0.792. The van der Waals surface area contributed by atoms with Gasteiger partial charge in [0.25, 0.3) is 0 Å². The average molecular weight is 261 g/mol. The summed E-state index contributed by atoms with van der Waals surface area (Å²) in [5.41, 5.74) is 3.89. The Kier molecular flexibility index (Phi) is 4.11. The first-order chi connectivity index (χ1) is 9.11. The van der Waals surface area contributed by atoms with Crippen LogP contribution in [0.5, 0.6) is 5.88 Å². The number of hydrogen-bond acceptors (Lipinski definition) is 5. The largest absolute Gasteiger partial charge is 0.481 e. The molecule has 0 aromatic carbocycles. The summed E-state index contributed by atoms with van der Waals surface area (Å²) < 4.78 is 7.10. The molecule has 0 bridgehead atoms. The second-order valence-corrected chi connectivity index (χ2v) is 4.45. The molecule has 0 aliphatic heterocycles. The summed E-state index contributed by atoms with van der Waals surface area (Å²) in [6, 6.07) is 0. The Hall–Kier alpha value is -1.95. The van der Waals surface area contributed by atoms with Crippen molar-refractivity contribution in [3.8, 4) is 5.88 Å². The van der Waals surface area contributed by atoms with Gasteiger partial charge in [-0.25, -0.2) is 4.68 Å². The normalized spacial score (nSPS) is 10.7. The molecule has 6 heteroatoms. The molecule has 0 radical (unpaired) electrons. The molecule has 102 valence electrons. The van der Waals surface area contributed by atoms with Gasteiger partial charge in [0.1, 0.15) is 0 Å². The lowest BCUT2D eigenvalue weighted by Crippen LogP contribution is -2.15. The monoisotopic (exact) mass is 261 g/mol. The lowest BCUT2D eigenvalue weighted by Gasteiger charge is -2.06. The second kappa shape index (κ2) is 5.79. The Bertz CT molecular complexity index is 547. The number of nitrogens with one attached hydrogen (secondary N) is 1. The molecule has 2 aromatic rings. The van der Waals surface area contributed by atoms with Crippen molar-refractivity contribution < 1.29 is 4.74 Å². The summed E-state index contributed by atoms with van der Waals surface area (Å²) in [6.07, 6.45) is 3.56. The molecule has 0 fully saturated rings. The van der Waals surface area contributed by atoms with Gasteiger partial charge in [-0.1, -0.05) is 0 Å². The molecule has 0 amide bonds. The van der Waals surface area contributed by atoms with Crippen LogP contribution in [0.4, 0.5) is 0 Å². The Morgan fingerprint density at radius 2 is 2.00 bits per heavy atom. The molecular formula is C13H19N5O. The standard InChI is InChI=1S/C13H19N5O/c1-9-5-16-11(7-15-9)6-14-8-12-10(2)17-18(3)13(12)19-4/h5,7,14H,6,8H2,1-4H3.